The van der Waals surface area contributed by atoms with E-state index in [1.165, 1.54) is 5.56 Å². The summed E-state index contributed by atoms with van der Waals surface area (Å²) in [5.74, 6) is 6.24. The van der Waals surface area contributed by atoms with Crippen molar-refractivity contribution < 1.29 is 9.53 Å². The summed E-state index contributed by atoms with van der Waals surface area (Å²) in [5, 5.41) is 3.73. The fraction of sp³-hybridized carbons (Fsp3) is 0.158. The summed E-state index contributed by atoms with van der Waals surface area (Å²) in [4.78, 5) is 16.5. The highest BCUT2D eigenvalue weighted by molar-refractivity contribution is 5.92. The van der Waals surface area contributed by atoms with Crippen LogP contribution in [0.2, 0.25) is 0 Å². The molecule has 0 spiro atoms. The number of aryl methyl sites for hydroxylation is 1. The minimum Gasteiger partial charge on any atom is -0.481 e. The van der Waals surface area contributed by atoms with Crippen molar-refractivity contribution in [3.63, 3.8) is 0 Å². The van der Waals surface area contributed by atoms with E-state index in [1.54, 1.807) is 12.1 Å². The second kappa shape index (κ2) is 7.63. The van der Waals surface area contributed by atoms with Crippen LogP contribution < -0.4 is 21.3 Å². The van der Waals surface area contributed by atoms with E-state index in [0.717, 1.165) is 17.5 Å². The maximum Gasteiger partial charge on any atom is 0.262 e. The van der Waals surface area contributed by atoms with E-state index in [9.17, 15) is 4.79 Å². The lowest BCUT2D eigenvalue weighted by molar-refractivity contribution is -0.118. The number of ether oxygens (including phenoxy) is 1. The van der Waals surface area contributed by atoms with E-state index < -0.39 is 0 Å². The molecule has 0 radical (unpaired) electrons. The SMILES string of the molecule is CCc1ccc(NC(=O)COc2cccc3ccc(NN)nc23)cc1. The number of carbonyl (C=O) groups is 1. The number of anilines is 2. The number of nitrogens with zero attached hydrogens (tertiary/aromatic N) is 1. The first-order valence-corrected chi connectivity index (χ1v) is 8.07. The molecule has 0 saturated carbocycles. The molecule has 4 N–H and O–H groups in total. The number of nitrogens with one attached hydrogen (secondary N) is 2. The zero-order valence-electron chi connectivity index (χ0n) is 14.0. The highest BCUT2D eigenvalue weighted by Gasteiger charge is 2.08. The number of nitrogens with two attached hydrogens (primary N) is 1. The topological polar surface area (TPSA) is 89.3 Å². The monoisotopic (exact) mass is 336 g/mol. The molecule has 1 amide bonds. The van der Waals surface area contributed by atoms with E-state index in [2.05, 4.69) is 22.7 Å². The number of fused-ring (bicyclic) bond motifs is 1. The van der Waals surface area contributed by atoms with Gasteiger partial charge < -0.3 is 15.5 Å². The number of carbonyl (C=O) groups excluding carboxylic acids is 1. The highest BCUT2D eigenvalue weighted by atomic mass is 16.5. The number of para-hydroxylation sites is 1. The van der Waals surface area contributed by atoms with Crippen molar-refractivity contribution in [3.8, 4) is 5.75 Å². The standard InChI is InChI=1S/C19H20N4O2/c1-2-13-6-9-15(10-7-13)21-18(24)12-25-16-5-3-4-14-8-11-17(23-20)22-19(14)16/h3-11H,2,12,20H2,1H3,(H,21,24)(H,22,23). The van der Waals surface area contributed by atoms with E-state index in [1.807, 2.05) is 42.5 Å². The summed E-state index contributed by atoms with van der Waals surface area (Å²) in [6.45, 7) is 1.99. The second-order valence-corrected chi connectivity index (χ2v) is 5.56. The quantitative estimate of drug-likeness (QED) is 0.475. The van der Waals surface area contributed by atoms with Gasteiger partial charge in [-0.2, -0.15) is 0 Å². The molecule has 0 aliphatic heterocycles. The third-order valence-corrected chi connectivity index (χ3v) is 3.84. The number of amides is 1. The van der Waals surface area contributed by atoms with Crippen LogP contribution in [0.25, 0.3) is 10.9 Å². The Morgan fingerprint density at radius 2 is 1.92 bits per heavy atom. The normalized spacial score (nSPS) is 10.5. The van der Waals surface area contributed by atoms with Gasteiger partial charge in [0.15, 0.2) is 6.61 Å². The summed E-state index contributed by atoms with van der Waals surface area (Å²) >= 11 is 0. The summed E-state index contributed by atoms with van der Waals surface area (Å²) in [6, 6.07) is 17.0. The summed E-state index contributed by atoms with van der Waals surface area (Å²) in [5.41, 5.74) is 5.13. The fourth-order valence-electron chi connectivity index (χ4n) is 2.48. The van der Waals surface area contributed by atoms with Crippen LogP contribution in [-0.4, -0.2) is 17.5 Å². The average molecular weight is 336 g/mol. The van der Waals surface area contributed by atoms with Gasteiger partial charge in [0, 0.05) is 11.1 Å². The molecule has 6 nitrogen and oxygen atoms in total. The van der Waals surface area contributed by atoms with Gasteiger partial charge in [0.05, 0.1) is 0 Å². The first-order chi connectivity index (χ1) is 12.2. The number of hydrazine groups is 1. The fourth-order valence-corrected chi connectivity index (χ4v) is 2.48. The van der Waals surface area contributed by atoms with Crippen LogP contribution in [0.1, 0.15) is 12.5 Å². The van der Waals surface area contributed by atoms with Crippen molar-refractivity contribution in [1.29, 1.82) is 0 Å². The van der Waals surface area contributed by atoms with E-state index in [0.29, 0.717) is 17.1 Å². The lowest BCUT2D eigenvalue weighted by Gasteiger charge is -2.10. The van der Waals surface area contributed by atoms with Crippen LogP contribution in [0, 0.1) is 0 Å². The summed E-state index contributed by atoms with van der Waals surface area (Å²) < 4.78 is 5.65. The number of benzene rings is 2. The summed E-state index contributed by atoms with van der Waals surface area (Å²) in [7, 11) is 0. The molecule has 25 heavy (non-hydrogen) atoms. The Bertz CT molecular complexity index is 878. The lowest BCUT2D eigenvalue weighted by Crippen LogP contribution is -2.20. The van der Waals surface area contributed by atoms with Gasteiger partial charge in [0.1, 0.15) is 17.1 Å². The van der Waals surface area contributed by atoms with Crippen LogP contribution in [0.3, 0.4) is 0 Å². The molecule has 0 fully saturated rings. The third-order valence-electron chi connectivity index (χ3n) is 3.84. The Labute approximate surface area is 146 Å². The molecule has 6 heteroatoms. The molecule has 0 saturated heterocycles. The third kappa shape index (κ3) is 4.05. The number of aromatic nitrogens is 1. The van der Waals surface area contributed by atoms with Gasteiger partial charge in [-0.1, -0.05) is 31.2 Å². The minimum absolute atomic E-state index is 0.101. The van der Waals surface area contributed by atoms with Gasteiger partial charge in [-0.05, 0) is 42.3 Å². The Morgan fingerprint density at radius 1 is 1.12 bits per heavy atom. The van der Waals surface area contributed by atoms with E-state index >= 15 is 0 Å². The molecule has 1 heterocycles. The van der Waals surface area contributed by atoms with Gasteiger partial charge in [0.2, 0.25) is 0 Å². The first-order valence-electron chi connectivity index (χ1n) is 8.07. The van der Waals surface area contributed by atoms with Crippen molar-refractivity contribution in [1.82, 2.24) is 4.98 Å². The van der Waals surface area contributed by atoms with Crippen LogP contribution in [-0.2, 0) is 11.2 Å². The zero-order valence-corrected chi connectivity index (χ0v) is 14.0. The minimum atomic E-state index is -0.227. The number of pyridine rings is 1. The number of hydrogen-bond donors (Lipinski definition) is 3. The number of hydrogen-bond acceptors (Lipinski definition) is 5. The molecule has 0 aliphatic rings. The molecule has 0 bridgehead atoms. The predicted molar refractivity (Wildman–Crippen MR) is 99.5 cm³/mol. The van der Waals surface area contributed by atoms with Crippen molar-refractivity contribution in [2.75, 3.05) is 17.3 Å². The number of nitrogen functional groups attached to an aromatic ring is 1. The Kier molecular flexibility index (Phi) is 5.11. The maximum absolute atomic E-state index is 12.1. The van der Waals surface area contributed by atoms with Crippen LogP contribution in [0.15, 0.2) is 54.6 Å². The van der Waals surface area contributed by atoms with Gasteiger partial charge in [-0.15, -0.1) is 0 Å². The number of rotatable bonds is 6. The summed E-state index contributed by atoms with van der Waals surface area (Å²) in [6.07, 6.45) is 0.963. The van der Waals surface area contributed by atoms with Crippen molar-refractivity contribution >= 4 is 28.3 Å². The van der Waals surface area contributed by atoms with Crippen LogP contribution in [0.4, 0.5) is 11.5 Å². The van der Waals surface area contributed by atoms with Crippen molar-refractivity contribution in [2.24, 2.45) is 5.84 Å². The maximum atomic E-state index is 12.1. The zero-order chi connectivity index (χ0) is 17.6. The molecular formula is C19H20N4O2. The lowest BCUT2D eigenvalue weighted by atomic mass is 10.1. The Morgan fingerprint density at radius 3 is 2.64 bits per heavy atom. The van der Waals surface area contributed by atoms with Crippen molar-refractivity contribution in [2.45, 2.75) is 13.3 Å². The molecule has 0 unspecified atom stereocenters. The van der Waals surface area contributed by atoms with Crippen LogP contribution >= 0.6 is 0 Å². The Balaban J connectivity index is 1.68. The molecule has 128 valence electrons. The predicted octanol–water partition coefficient (Wildman–Crippen LogP) is 3.10. The molecular weight excluding hydrogens is 316 g/mol. The van der Waals surface area contributed by atoms with Gasteiger partial charge >= 0.3 is 0 Å². The molecule has 2 aromatic carbocycles. The molecule has 3 aromatic rings. The van der Waals surface area contributed by atoms with Crippen LogP contribution in [0.5, 0.6) is 5.75 Å². The second-order valence-electron chi connectivity index (χ2n) is 5.56. The van der Waals surface area contributed by atoms with E-state index in [4.69, 9.17) is 10.6 Å². The largest absolute Gasteiger partial charge is 0.481 e. The highest BCUT2D eigenvalue weighted by Crippen LogP contribution is 2.25. The van der Waals surface area contributed by atoms with Gasteiger partial charge in [-0.25, -0.2) is 10.8 Å². The molecule has 3 rings (SSSR count). The van der Waals surface area contributed by atoms with Crippen molar-refractivity contribution in [3.05, 3.63) is 60.2 Å². The molecule has 1 aromatic heterocycles. The first kappa shape index (κ1) is 16.7. The van der Waals surface area contributed by atoms with Gasteiger partial charge in [-0.3, -0.25) is 4.79 Å². The molecule has 0 atom stereocenters. The Hall–Kier alpha value is -3.12. The average Bonchev–Trinajstić information content (AvgIpc) is 2.66. The van der Waals surface area contributed by atoms with Gasteiger partial charge in [0.25, 0.3) is 5.91 Å². The molecule has 0 aliphatic carbocycles. The van der Waals surface area contributed by atoms with E-state index in [-0.39, 0.29) is 12.5 Å². The smallest absolute Gasteiger partial charge is 0.262 e.